The first-order valence-corrected chi connectivity index (χ1v) is 7.13. The molecule has 0 unspecified atom stereocenters. The van der Waals surface area contributed by atoms with Crippen molar-refractivity contribution in [3.05, 3.63) is 35.4 Å². The second-order valence-electron chi connectivity index (χ2n) is 5.66. The SMILES string of the molecule is CC(C)c1ccc(C2CCN(CCO)CC2)cc1. The van der Waals surface area contributed by atoms with E-state index in [1.54, 1.807) is 0 Å². The minimum absolute atomic E-state index is 0.285. The fourth-order valence-electron chi connectivity index (χ4n) is 2.78. The van der Waals surface area contributed by atoms with Crippen molar-refractivity contribution >= 4 is 0 Å². The molecular weight excluding hydrogens is 222 g/mol. The number of aliphatic hydroxyl groups is 1. The zero-order valence-corrected chi connectivity index (χ0v) is 11.6. The normalized spacial score (nSPS) is 18.4. The standard InChI is InChI=1S/C16H25NO/c1-13(2)14-3-5-15(6-4-14)16-7-9-17(10-8-16)11-12-18/h3-6,13,16,18H,7-12H2,1-2H3. The van der Waals surface area contributed by atoms with Crippen molar-refractivity contribution in [3.8, 4) is 0 Å². The van der Waals surface area contributed by atoms with Crippen molar-refractivity contribution in [1.82, 2.24) is 4.90 Å². The maximum absolute atomic E-state index is 8.94. The molecule has 1 N–H and O–H groups in total. The van der Waals surface area contributed by atoms with Crippen molar-refractivity contribution in [2.75, 3.05) is 26.2 Å². The third-order valence-electron chi connectivity index (χ3n) is 4.08. The maximum Gasteiger partial charge on any atom is 0.0558 e. The van der Waals surface area contributed by atoms with Crippen LogP contribution in [0.1, 0.15) is 49.7 Å². The van der Waals surface area contributed by atoms with E-state index < -0.39 is 0 Å². The highest BCUT2D eigenvalue weighted by atomic mass is 16.3. The molecule has 1 aromatic rings. The van der Waals surface area contributed by atoms with E-state index in [4.69, 9.17) is 5.11 Å². The first kappa shape index (κ1) is 13.6. The summed E-state index contributed by atoms with van der Waals surface area (Å²) >= 11 is 0. The molecule has 2 rings (SSSR count). The third kappa shape index (κ3) is 3.33. The molecule has 0 saturated carbocycles. The lowest BCUT2D eigenvalue weighted by molar-refractivity contribution is 0.164. The molecule has 1 aliphatic rings. The highest BCUT2D eigenvalue weighted by Gasteiger charge is 2.19. The van der Waals surface area contributed by atoms with Gasteiger partial charge in [-0.3, -0.25) is 0 Å². The van der Waals surface area contributed by atoms with Crippen LogP contribution in [0.5, 0.6) is 0 Å². The fourth-order valence-corrected chi connectivity index (χ4v) is 2.78. The maximum atomic E-state index is 8.94. The number of aliphatic hydroxyl groups excluding tert-OH is 1. The molecule has 1 fully saturated rings. The van der Waals surface area contributed by atoms with E-state index in [1.165, 1.54) is 24.0 Å². The Labute approximate surface area is 111 Å². The molecule has 1 aliphatic heterocycles. The summed E-state index contributed by atoms with van der Waals surface area (Å²) in [7, 11) is 0. The number of likely N-dealkylation sites (tertiary alicyclic amines) is 1. The van der Waals surface area contributed by atoms with Gasteiger partial charge in [-0.05, 0) is 48.9 Å². The summed E-state index contributed by atoms with van der Waals surface area (Å²) in [5.74, 6) is 1.33. The minimum Gasteiger partial charge on any atom is -0.395 e. The van der Waals surface area contributed by atoms with Gasteiger partial charge in [0.25, 0.3) is 0 Å². The number of rotatable bonds is 4. The molecule has 18 heavy (non-hydrogen) atoms. The summed E-state index contributed by atoms with van der Waals surface area (Å²) in [5, 5.41) is 8.94. The van der Waals surface area contributed by atoms with Crippen LogP contribution in [0, 0.1) is 0 Å². The van der Waals surface area contributed by atoms with Gasteiger partial charge in [0.1, 0.15) is 0 Å². The number of piperidine rings is 1. The lowest BCUT2D eigenvalue weighted by Crippen LogP contribution is -2.34. The molecule has 100 valence electrons. The van der Waals surface area contributed by atoms with Gasteiger partial charge in [-0.2, -0.15) is 0 Å². The van der Waals surface area contributed by atoms with Gasteiger partial charge in [0.2, 0.25) is 0 Å². The van der Waals surface area contributed by atoms with Gasteiger partial charge in [-0.25, -0.2) is 0 Å². The van der Waals surface area contributed by atoms with Gasteiger partial charge in [-0.1, -0.05) is 38.1 Å². The van der Waals surface area contributed by atoms with Crippen molar-refractivity contribution in [1.29, 1.82) is 0 Å². The van der Waals surface area contributed by atoms with Crippen molar-refractivity contribution in [2.24, 2.45) is 0 Å². The van der Waals surface area contributed by atoms with Crippen molar-refractivity contribution < 1.29 is 5.11 Å². The number of β-amino-alcohol motifs (C(OH)–C–C–N with tert-alkyl or cyclic N) is 1. The van der Waals surface area contributed by atoms with Crippen molar-refractivity contribution in [2.45, 2.75) is 38.5 Å². The predicted molar refractivity (Wildman–Crippen MR) is 76.0 cm³/mol. The smallest absolute Gasteiger partial charge is 0.0558 e. The number of hydrogen-bond acceptors (Lipinski definition) is 2. The highest BCUT2D eigenvalue weighted by molar-refractivity contribution is 5.27. The molecule has 1 aromatic carbocycles. The topological polar surface area (TPSA) is 23.5 Å². The molecular formula is C16H25NO. The quantitative estimate of drug-likeness (QED) is 0.884. The summed E-state index contributed by atoms with van der Waals surface area (Å²) in [6.45, 7) is 7.84. The van der Waals surface area contributed by atoms with Gasteiger partial charge in [0, 0.05) is 6.54 Å². The second kappa shape index (κ2) is 6.35. The Balaban J connectivity index is 1.93. The zero-order chi connectivity index (χ0) is 13.0. The van der Waals surface area contributed by atoms with Gasteiger partial charge in [0.15, 0.2) is 0 Å². The largest absolute Gasteiger partial charge is 0.395 e. The highest BCUT2D eigenvalue weighted by Crippen LogP contribution is 2.28. The first-order chi connectivity index (χ1) is 8.70. The average Bonchev–Trinajstić information content (AvgIpc) is 2.40. The lowest BCUT2D eigenvalue weighted by atomic mass is 9.88. The minimum atomic E-state index is 0.285. The summed E-state index contributed by atoms with van der Waals surface area (Å²) in [6, 6.07) is 9.17. The van der Waals surface area contributed by atoms with E-state index in [9.17, 15) is 0 Å². The van der Waals surface area contributed by atoms with E-state index >= 15 is 0 Å². The van der Waals surface area contributed by atoms with E-state index in [1.807, 2.05) is 0 Å². The third-order valence-corrected chi connectivity index (χ3v) is 4.08. The van der Waals surface area contributed by atoms with Crippen LogP contribution in [0.15, 0.2) is 24.3 Å². The molecule has 2 nitrogen and oxygen atoms in total. The van der Waals surface area contributed by atoms with E-state index in [0.717, 1.165) is 19.6 Å². The number of nitrogens with zero attached hydrogens (tertiary/aromatic N) is 1. The fraction of sp³-hybridized carbons (Fsp3) is 0.625. The molecule has 0 spiro atoms. The molecule has 0 radical (unpaired) electrons. The summed E-state index contributed by atoms with van der Waals surface area (Å²) in [4.78, 5) is 2.36. The van der Waals surface area contributed by atoms with E-state index in [-0.39, 0.29) is 6.61 Å². The number of benzene rings is 1. The van der Waals surface area contributed by atoms with Crippen LogP contribution in [0.3, 0.4) is 0 Å². The lowest BCUT2D eigenvalue weighted by Gasteiger charge is -2.31. The van der Waals surface area contributed by atoms with E-state index in [0.29, 0.717) is 11.8 Å². The Kier molecular flexibility index (Phi) is 4.79. The van der Waals surface area contributed by atoms with Gasteiger partial charge < -0.3 is 10.0 Å². The molecule has 1 heterocycles. The number of hydrogen-bond donors (Lipinski definition) is 1. The van der Waals surface area contributed by atoms with Crippen molar-refractivity contribution in [3.63, 3.8) is 0 Å². The molecule has 0 aromatic heterocycles. The average molecular weight is 247 g/mol. The van der Waals surface area contributed by atoms with Crippen LogP contribution in [0.25, 0.3) is 0 Å². The Morgan fingerprint density at radius 3 is 2.28 bits per heavy atom. The molecule has 0 amide bonds. The van der Waals surface area contributed by atoms with Gasteiger partial charge in [0.05, 0.1) is 6.61 Å². The van der Waals surface area contributed by atoms with Crippen LogP contribution in [-0.4, -0.2) is 36.2 Å². The summed E-state index contributed by atoms with van der Waals surface area (Å²) in [5.41, 5.74) is 2.92. The van der Waals surface area contributed by atoms with Crippen LogP contribution in [-0.2, 0) is 0 Å². The Morgan fingerprint density at radius 1 is 1.17 bits per heavy atom. The van der Waals surface area contributed by atoms with Crippen LogP contribution in [0.4, 0.5) is 0 Å². The van der Waals surface area contributed by atoms with Gasteiger partial charge in [-0.15, -0.1) is 0 Å². The zero-order valence-electron chi connectivity index (χ0n) is 11.6. The Bertz CT molecular complexity index is 350. The Hall–Kier alpha value is -0.860. The molecule has 0 aliphatic carbocycles. The van der Waals surface area contributed by atoms with Gasteiger partial charge >= 0.3 is 0 Å². The summed E-state index contributed by atoms with van der Waals surface area (Å²) < 4.78 is 0. The van der Waals surface area contributed by atoms with E-state index in [2.05, 4.69) is 43.0 Å². The first-order valence-electron chi connectivity index (χ1n) is 7.13. The van der Waals surface area contributed by atoms with Crippen LogP contribution >= 0.6 is 0 Å². The Morgan fingerprint density at radius 2 is 1.78 bits per heavy atom. The molecule has 0 atom stereocenters. The molecule has 1 saturated heterocycles. The summed E-state index contributed by atoms with van der Waals surface area (Å²) in [6.07, 6.45) is 2.45. The second-order valence-corrected chi connectivity index (χ2v) is 5.66. The van der Waals surface area contributed by atoms with Crippen LogP contribution in [0.2, 0.25) is 0 Å². The van der Waals surface area contributed by atoms with Crippen LogP contribution < -0.4 is 0 Å². The monoisotopic (exact) mass is 247 g/mol. The molecule has 2 heteroatoms. The predicted octanol–water partition coefficient (Wildman–Crippen LogP) is 2.98. The molecule has 0 bridgehead atoms.